The van der Waals surface area contributed by atoms with Gasteiger partial charge in [0.15, 0.2) is 11.9 Å². The number of imidazole rings is 1. The van der Waals surface area contributed by atoms with Crippen molar-refractivity contribution in [2.75, 3.05) is 12.4 Å². The highest BCUT2D eigenvalue weighted by Crippen LogP contribution is 2.43. The van der Waals surface area contributed by atoms with Crippen LogP contribution in [0.4, 0.5) is 14.7 Å². The number of aliphatic hydroxyl groups excluding tert-OH is 2. The average molecular weight is 339 g/mol. The molecule has 3 rings (SSSR count). The van der Waals surface area contributed by atoms with Gasteiger partial charge in [-0.1, -0.05) is 11.8 Å². The number of hydrogen-bond acceptors (Lipinski definition) is 7. The number of aromatic nitrogens is 4. The van der Waals surface area contributed by atoms with Gasteiger partial charge < -0.3 is 20.7 Å². The summed E-state index contributed by atoms with van der Waals surface area (Å²) in [6.45, 7) is 0.246. The quantitative estimate of drug-likeness (QED) is 0.644. The van der Waals surface area contributed by atoms with Crippen LogP contribution in [-0.2, 0) is 4.74 Å². The first-order valence-electron chi connectivity index (χ1n) is 7.10. The van der Waals surface area contributed by atoms with Gasteiger partial charge in [0.2, 0.25) is 11.6 Å². The molecular weight excluding hydrogens is 324 g/mol. The molecule has 0 saturated carbocycles. The molecular formula is C14H15F2N5O3. The van der Waals surface area contributed by atoms with Crippen molar-refractivity contribution in [2.24, 2.45) is 0 Å². The van der Waals surface area contributed by atoms with Crippen molar-refractivity contribution in [1.82, 2.24) is 19.5 Å². The Morgan fingerprint density at radius 2 is 2.29 bits per heavy atom. The van der Waals surface area contributed by atoms with E-state index in [4.69, 9.17) is 10.5 Å². The van der Waals surface area contributed by atoms with Gasteiger partial charge in [0, 0.05) is 0 Å². The first kappa shape index (κ1) is 16.5. The van der Waals surface area contributed by atoms with Gasteiger partial charge >= 0.3 is 0 Å². The fourth-order valence-electron chi connectivity index (χ4n) is 2.67. The monoisotopic (exact) mass is 339 g/mol. The summed E-state index contributed by atoms with van der Waals surface area (Å²) in [5.41, 5.74) is 3.36. The van der Waals surface area contributed by atoms with E-state index >= 15 is 4.39 Å². The van der Waals surface area contributed by atoms with Gasteiger partial charge in [-0.25, -0.2) is 18.7 Å². The molecule has 8 nitrogen and oxygen atoms in total. The lowest BCUT2D eigenvalue weighted by atomic mass is 9.94. The molecule has 1 saturated heterocycles. The summed E-state index contributed by atoms with van der Waals surface area (Å²) in [4.78, 5) is 11.8. The van der Waals surface area contributed by atoms with Crippen molar-refractivity contribution in [1.29, 1.82) is 0 Å². The number of nitrogen functional groups attached to an aromatic ring is 1. The van der Waals surface area contributed by atoms with Crippen LogP contribution >= 0.6 is 0 Å². The number of rotatable bonds is 2. The molecule has 0 amide bonds. The topological polar surface area (TPSA) is 119 Å². The number of nitrogens with zero attached hydrogens (tertiary/aromatic N) is 4. The molecule has 10 heteroatoms. The van der Waals surface area contributed by atoms with Gasteiger partial charge in [0.1, 0.15) is 24.4 Å². The fraction of sp³-hybridized carbons (Fsp3) is 0.500. The van der Waals surface area contributed by atoms with Crippen LogP contribution < -0.4 is 5.73 Å². The predicted octanol–water partition coefficient (Wildman–Crippen LogP) is -0.271. The Morgan fingerprint density at radius 3 is 2.96 bits per heavy atom. The number of halogens is 2. The molecule has 24 heavy (non-hydrogen) atoms. The van der Waals surface area contributed by atoms with Crippen molar-refractivity contribution in [2.45, 2.75) is 37.1 Å². The molecule has 0 spiro atoms. The molecule has 0 aliphatic carbocycles. The second kappa shape index (κ2) is 5.94. The molecule has 5 atom stereocenters. The lowest BCUT2D eigenvalue weighted by molar-refractivity contribution is -0.0776. The third-order valence-corrected chi connectivity index (χ3v) is 3.80. The summed E-state index contributed by atoms with van der Waals surface area (Å²) < 4.78 is 34.5. The Bertz CT molecular complexity index is 818. The van der Waals surface area contributed by atoms with Gasteiger partial charge in [0.05, 0.1) is 18.6 Å². The standard InChI is InChI=1S/C14H15F2N5O3/c1-7(22)9-10(23)14(16,3-2-4-15)12(24-9)21-6-19-8-5-18-13(17)20-11(8)21/h5-7,9-10,12,22-23H,4H2,1H3,(H2,17,18,20)/t7-,9-,10+,12-,14?/m1/s1. The van der Waals surface area contributed by atoms with Crippen molar-refractivity contribution < 1.29 is 23.7 Å². The molecule has 3 heterocycles. The average Bonchev–Trinajstić information content (AvgIpc) is 3.05. The zero-order valence-corrected chi connectivity index (χ0v) is 12.6. The van der Waals surface area contributed by atoms with Crippen LogP contribution in [0.25, 0.3) is 11.2 Å². The van der Waals surface area contributed by atoms with Crippen molar-refractivity contribution in [3.05, 3.63) is 12.5 Å². The van der Waals surface area contributed by atoms with Gasteiger partial charge in [-0.2, -0.15) is 4.98 Å². The maximum Gasteiger partial charge on any atom is 0.243 e. The van der Waals surface area contributed by atoms with Gasteiger partial charge in [-0.05, 0) is 6.92 Å². The molecule has 2 aromatic heterocycles. The SMILES string of the molecule is C[C@@H](O)[C@H]1O[C@@H](n2cnc3cnc(N)nc32)C(F)(C#CCF)[C@H]1O. The van der Waals surface area contributed by atoms with Crippen molar-refractivity contribution in [3.63, 3.8) is 0 Å². The van der Waals surface area contributed by atoms with Crippen molar-refractivity contribution >= 4 is 17.1 Å². The number of anilines is 1. The minimum absolute atomic E-state index is 0.0610. The van der Waals surface area contributed by atoms with E-state index in [2.05, 4.69) is 20.9 Å². The molecule has 4 N–H and O–H groups in total. The zero-order valence-electron chi connectivity index (χ0n) is 12.6. The van der Waals surface area contributed by atoms with E-state index in [1.54, 1.807) is 0 Å². The third kappa shape index (κ3) is 2.47. The zero-order chi connectivity index (χ0) is 17.5. The van der Waals surface area contributed by atoms with E-state index in [9.17, 15) is 14.6 Å². The lowest BCUT2D eigenvalue weighted by Gasteiger charge is -2.23. The van der Waals surface area contributed by atoms with E-state index in [1.165, 1.54) is 24.0 Å². The van der Waals surface area contributed by atoms with E-state index in [0.717, 1.165) is 0 Å². The first-order valence-corrected chi connectivity index (χ1v) is 7.10. The van der Waals surface area contributed by atoms with Crippen LogP contribution in [0.5, 0.6) is 0 Å². The van der Waals surface area contributed by atoms with Crippen LogP contribution in [0.1, 0.15) is 13.2 Å². The van der Waals surface area contributed by atoms with Crippen LogP contribution in [0.2, 0.25) is 0 Å². The minimum Gasteiger partial charge on any atom is -0.391 e. The van der Waals surface area contributed by atoms with E-state index in [1.807, 2.05) is 5.92 Å². The van der Waals surface area contributed by atoms with Crippen LogP contribution in [0.15, 0.2) is 12.5 Å². The molecule has 0 bridgehead atoms. The number of nitrogens with two attached hydrogens (primary N) is 1. The summed E-state index contributed by atoms with van der Waals surface area (Å²) in [6, 6.07) is 0. The molecule has 1 fully saturated rings. The smallest absolute Gasteiger partial charge is 0.243 e. The highest BCUT2D eigenvalue weighted by atomic mass is 19.1. The Balaban J connectivity index is 2.13. The summed E-state index contributed by atoms with van der Waals surface area (Å²) >= 11 is 0. The Morgan fingerprint density at radius 1 is 1.54 bits per heavy atom. The van der Waals surface area contributed by atoms with Crippen molar-refractivity contribution in [3.8, 4) is 11.8 Å². The number of hydrogen-bond donors (Lipinski definition) is 3. The molecule has 0 radical (unpaired) electrons. The van der Waals surface area contributed by atoms with E-state index in [0.29, 0.717) is 5.52 Å². The fourth-order valence-corrected chi connectivity index (χ4v) is 2.67. The highest BCUT2D eigenvalue weighted by Gasteiger charge is 2.59. The van der Waals surface area contributed by atoms with Gasteiger partial charge in [0.25, 0.3) is 0 Å². The van der Waals surface area contributed by atoms with Crippen LogP contribution in [-0.4, -0.2) is 60.4 Å². The summed E-state index contributed by atoms with van der Waals surface area (Å²) in [5, 5.41) is 19.9. The predicted molar refractivity (Wildman–Crippen MR) is 78.9 cm³/mol. The number of ether oxygens (including phenoxy) is 1. The molecule has 128 valence electrons. The van der Waals surface area contributed by atoms with E-state index < -0.39 is 36.9 Å². The normalized spacial score (nSPS) is 31.0. The number of aliphatic hydroxyl groups is 2. The minimum atomic E-state index is -2.67. The summed E-state index contributed by atoms with van der Waals surface area (Å²) in [7, 11) is 0. The largest absolute Gasteiger partial charge is 0.391 e. The lowest BCUT2D eigenvalue weighted by Crippen LogP contribution is -2.44. The number of fused-ring (bicyclic) bond motifs is 1. The highest BCUT2D eigenvalue weighted by molar-refractivity contribution is 5.70. The second-order valence-corrected chi connectivity index (χ2v) is 5.43. The number of alkyl halides is 2. The molecule has 1 aliphatic heterocycles. The molecule has 0 aromatic carbocycles. The molecule has 1 unspecified atom stereocenters. The Hall–Kier alpha value is -2.35. The third-order valence-electron chi connectivity index (χ3n) is 3.80. The molecule has 1 aliphatic rings. The maximum atomic E-state index is 15.4. The first-order chi connectivity index (χ1) is 11.4. The van der Waals surface area contributed by atoms with E-state index in [-0.39, 0.29) is 11.6 Å². The maximum absolute atomic E-state index is 15.4. The van der Waals surface area contributed by atoms with Gasteiger partial charge in [-0.15, -0.1) is 0 Å². The summed E-state index contributed by atoms with van der Waals surface area (Å²) in [6.07, 6.45) is -3.15. The second-order valence-electron chi connectivity index (χ2n) is 5.43. The molecule has 2 aromatic rings. The van der Waals surface area contributed by atoms with Crippen LogP contribution in [0.3, 0.4) is 0 Å². The Kier molecular flexibility index (Phi) is 4.08. The van der Waals surface area contributed by atoms with Gasteiger partial charge in [-0.3, -0.25) is 4.57 Å². The van der Waals surface area contributed by atoms with Crippen LogP contribution in [0, 0.1) is 11.8 Å². The summed E-state index contributed by atoms with van der Waals surface area (Å²) in [5.74, 6) is 3.97. The Labute approximate surface area is 135 Å².